The molecular formula is C19H19N. The van der Waals surface area contributed by atoms with Crippen molar-refractivity contribution in [3.63, 3.8) is 0 Å². The highest BCUT2D eigenvalue weighted by Crippen LogP contribution is 2.40. The smallest absolute Gasteiger partial charge is 0.0496 e. The molecule has 0 saturated heterocycles. The monoisotopic (exact) mass is 261 g/mol. The highest BCUT2D eigenvalue weighted by Gasteiger charge is 2.26. The minimum Gasteiger partial charge on any atom is -0.310 e. The largest absolute Gasteiger partial charge is 0.310 e. The second-order valence-corrected chi connectivity index (χ2v) is 5.81. The maximum absolute atomic E-state index is 2.44. The molecular weight excluding hydrogens is 242 g/mol. The van der Waals surface area contributed by atoms with E-state index in [9.17, 15) is 0 Å². The summed E-state index contributed by atoms with van der Waals surface area (Å²) in [4.78, 5) is 0. The molecule has 4 rings (SSSR count). The molecule has 1 aromatic carbocycles. The van der Waals surface area contributed by atoms with Crippen molar-refractivity contribution in [2.45, 2.75) is 32.1 Å². The summed E-state index contributed by atoms with van der Waals surface area (Å²) in [6, 6.07) is 10.7. The van der Waals surface area contributed by atoms with E-state index in [2.05, 4.69) is 66.1 Å². The Morgan fingerprint density at radius 3 is 2.65 bits per heavy atom. The first-order valence-corrected chi connectivity index (χ1v) is 7.52. The van der Waals surface area contributed by atoms with E-state index in [0.29, 0.717) is 5.92 Å². The highest BCUT2D eigenvalue weighted by molar-refractivity contribution is 5.70. The average Bonchev–Trinajstić information content (AvgIpc) is 2.84. The maximum Gasteiger partial charge on any atom is 0.0496 e. The van der Waals surface area contributed by atoms with E-state index in [1.807, 2.05) is 0 Å². The SMILES string of the molecule is CC1CC=Cc2c1c1c(n2-c2ccccc2)C=CCC1. The van der Waals surface area contributed by atoms with Gasteiger partial charge in [-0.3, -0.25) is 0 Å². The van der Waals surface area contributed by atoms with E-state index in [0.717, 1.165) is 0 Å². The molecule has 0 N–H and O–H groups in total. The topological polar surface area (TPSA) is 4.93 Å². The zero-order chi connectivity index (χ0) is 13.5. The fourth-order valence-electron chi connectivity index (χ4n) is 3.61. The summed E-state index contributed by atoms with van der Waals surface area (Å²) in [6.07, 6.45) is 12.8. The number of hydrogen-bond acceptors (Lipinski definition) is 0. The van der Waals surface area contributed by atoms with Crippen molar-refractivity contribution in [2.24, 2.45) is 0 Å². The van der Waals surface area contributed by atoms with Gasteiger partial charge in [-0.2, -0.15) is 0 Å². The van der Waals surface area contributed by atoms with Gasteiger partial charge in [0.2, 0.25) is 0 Å². The Morgan fingerprint density at radius 2 is 1.80 bits per heavy atom. The van der Waals surface area contributed by atoms with Crippen molar-refractivity contribution in [1.82, 2.24) is 4.57 Å². The molecule has 1 atom stereocenters. The van der Waals surface area contributed by atoms with Crippen LogP contribution in [-0.4, -0.2) is 4.57 Å². The van der Waals surface area contributed by atoms with Crippen LogP contribution in [0.4, 0.5) is 0 Å². The lowest BCUT2D eigenvalue weighted by Crippen LogP contribution is -2.03. The maximum atomic E-state index is 2.44. The number of allylic oxidation sites excluding steroid dienone is 2. The lowest BCUT2D eigenvalue weighted by molar-refractivity contribution is 0.755. The third kappa shape index (κ3) is 1.62. The Balaban J connectivity index is 2.05. The Labute approximate surface area is 120 Å². The zero-order valence-corrected chi connectivity index (χ0v) is 11.8. The van der Waals surface area contributed by atoms with Gasteiger partial charge in [0.1, 0.15) is 0 Å². The molecule has 1 aromatic heterocycles. The zero-order valence-electron chi connectivity index (χ0n) is 11.8. The fourth-order valence-corrected chi connectivity index (χ4v) is 3.61. The molecule has 1 nitrogen and oxygen atoms in total. The Morgan fingerprint density at radius 1 is 1.00 bits per heavy atom. The van der Waals surface area contributed by atoms with Gasteiger partial charge in [-0.25, -0.2) is 0 Å². The van der Waals surface area contributed by atoms with Crippen LogP contribution in [0.5, 0.6) is 0 Å². The van der Waals surface area contributed by atoms with E-state index in [4.69, 9.17) is 0 Å². The van der Waals surface area contributed by atoms with Gasteiger partial charge in [0.05, 0.1) is 0 Å². The Kier molecular flexibility index (Phi) is 2.66. The van der Waals surface area contributed by atoms with Gasteiger partial charge in [0.15, 0.2) is 0 Å². The lowest BCUT2D eigenvalue weighted by Gasteiger charge is -2.17. The summed E-state index contributed by atoms with van der Waals surface area (Å²) in [5, 5.41) is 0. The molecule has 2 aromatic rings. The molecule has 1 heterocycles. The van der Waals surface area contributed by atoms with Crippen molar-refractivity contribution in [2.75, 3.05) is 0 Å². The van der Waals surface area contributed by atoms with Crippen LogP contribution >= 0.6 is 0 Å². The van der Waals surface area contributed by atoms with Gasteiger partial charge in [0, 0.05) is 17.1 Å². The number of rotatable bonds is 1. The predicted octanol–water partition coefficient (Wildman–Crippen LogP) is 4.96. The summed E-state index contributed by atoms with van der Waals surface area (Å²) in [6.45, 7) is 2.36. The first-order valence-electron chi connectivity index (χ1n) is 7.52. The molecule has 2 aliphatic rings. The standard InChI is InChI=1S/C19H19N/c1-14-8-7-13-18-19(14)16-11-5-6-12-17(16)20(18)15-9-3-2-4-10-15/h2-4,6-7,9-10,12-14H,5,8,11H2,1H3. The van der Waals surface area contributed by atoms with E-state index >= 15 is 0 Å². The van der Waals surface area contributed by atoms with E-state index in [-0.39, 0.29) is 0 Å². The molecule has 0 aliphatic heterocycles. The third-order valence-corrected chi connectivity index (χ3v) is 4.50. The molecule has 0 bridgehead atoms. The van der Waals surface area contributed by atoms with E-state index in [1.165, 1.54) is 36.3 Å². The first kappa shape index (κ1) is 11.8. The summed E-state index contributed by atoms with van der Waals surface area (Å²) >= 11 is 0. The molecule has 1 unspecified atom stereocenters. The van der Waals surface area contributed by atoms with Crippen LogP contribution in [-0.2, 0) is 6.42 Å². The van der Waals surface area contributed by atoms with Crippen molar-refractivity contribution in [1.29, 1.82) is 0 Å². The first-order chi connectivity index (χ1) is 9.86. The minimum atomic E-state index is 0.639. The van der Waals surface area contributed by atoms with Crippen LogP contribution in [0.25, 0.3) is 17.8 Å². The molecule has 2 aliphatic carbocycles. The number of benzene rings is 1. The predicted molar refractivity (Wildman–Crippen MR) is 85.2 cm³/mol. The van der Waals surface area contributed by atoms with Crippen molar-refractivity contribution >= 4 is 12.2 Å². The molecule has 20 heavy (non-hydrogen) atoms. The molecule has 100 valence electrons. The van der Waals surface area contributed by atoms with Gasteiger partial charge in [-0.1, -0.05) is 37.3 Å². The molecule has 0 amide bonds. The van der Waals surface area contributed by atoms with Crippen LogP contribution in [0.1, 0.15) is 48.2 Å². The summed E-state index contributed by atoms with van der Waals surface area (Å²) < 4.78 is 2.44. The van der Waals surface area contributed by atoms with Crippen molar-refractivity contribution in [3.8, 4) is 5.69 Å². The second-order valence-electron chi connectivity index (χ2n) is 5.81. The number of hydrogen-bond donors (Lipinski definition) is 0. The summed E-state index contributed by atoms with van der Waals surface area (Å²) in [5.41, 5.74) is 7.21. The minimum absolute atomic E-state index is 0.639. The molecule has 0 spiro atoms. The van der Waals surface area contributed by atoms with Crippen LogP contribution < -0.4 is 0 Å². The summed E-state index contributed by atoms with van der Waals surface area (Å²) in [7, 11) is 0. The van der Waals surface area contributed by atoms with Gasteiger partial charge < -0.3 is 4.57 Å². The molecule has 1 heteroatoms. The average molecular weight is 261 g/mol. The molecule has 0 fully saturated rings. The number of aromatic nitrogens is 1. The Hall–Kier alpha value is -2.02. The van der Waals surface area contributed by atoms with Crippen molar-refractivity contribution < 1.29 is 0 Å². The normalized spacial score (nSPS) is 19.8. The van der Waals surface area contributed by atoms with Crippen LogP contribution in [0.15, 0.2) is 42.5 Å². The van der Waals surface area contributed by atoms with E-state index < -0.39 is 0 Å². The Bertz CT molecular complexity index is 701. The quantitative estimate of drug-likeness (QED) is 0.684. The van der Waals surface area contributed by atoms with Crippen LogP contribution in [0, 0.1) is 0 Å². The highest BCUT2D eigenvalue weighted by atomic mass is 15.0. The van der Waals surface area contributed by atoms with Crippen molar-refractivity contribution in [3.05, 3.63) is 65.0 Å². The van der Waals surface area contributed by atoms with Gasteiger partial charge in [-0.05, 0) is 60.6 Å². The number of para-hydroxylation sites is 1. The third-order valence-electron chi connectivity index (χ3n) is 4.50. The molecule has 0 radical (unpaired) electrons. The van der Waals surface area contributed by atoms with Gasteiger partial charge in [0.25, 0.3) is 0 Å². The van der Waals surface area contributed by atoms with E-state index in [1.54, 1.807) is 11.1 Å². The number of fused-ring (bicyclic) bond motifs is 3. The lowest BCUT2D eigenvalue weighted by atomic mass is 9.87. The molecule has 0 saturated carbocycles. The van der Waals surface area contributed by atoms with Crippen LogP contribution in [0.3, 0.4) is 0 Å². The fraction of sp³-hybridized carbons (Fsp3) is 0.263. The van der Waals surface area contributed by atoms with Crippen LogP contribution in [0.2, 0.25) is 0 Å². The van der Waals surface area contributed by atoms with Gasteiger partial charge >= 0.3 is 0 Å². The summed E-state index contributed by atoms with van der Waals surface area (Å²) in [5.74, 6) is 0.639. The van der Waals surface area contributed by atoms with Gasteiger partial charge in [-0.15, -0.1) is 0 Å². The second kappa shape index (κ2) is 4.52. The number of nitrogens with zero attached hydrogens (tertiary/aromatic N) is 1.